The number of hydrogen-bond acceptors (Lipinski definition) is 5. The molecule has 0 aliphatic rings. The van der Waals surface area contributed by atoms with Gasteiger partial charge < -0.3 is 4.74 Å². The molecule has 7 heteroatoms. The van der Waals surface area contributed by atoms with Crippen LogP contribution >= 0.6 is 23.4 Å². The molecule has 0 fully saturated rings. The molecule has 0 aliphatic carbocycles. The molecule has 0 atom stereocenters. The Morgan fingerprint density at radius 3 is 2.70 bits per heavy atom. The van der Waals surface area contributed by atoms with Crippen molar-refractivity contribution < 1.29 is 4.74 Å². The Bertz CT molecular complexity index is 804. The van der Waals surface area contributed by atoms with Crippen LogP contribution in [0.5, 0.6) is 5.75 Å². The molecule has 0 amide bonds. The average molecular weight is 349 g/mol. The Labute approximate surface area is 144 Å². The van der Waals surface area contributed by atoms with Gasteiger partial charge in [0.2, 0.25) is 5.16 Å². The third-order valence-electron chi connectivity index (χ3n) is 3.45. The lowest BCUT2D eigenvalue weighted by Crippen LogP contribution is -1.97. The van der Waals surface area contributed by atoms with E-state index in [1.54, 1.807) is 23.4 Å². The summed E-state index contributed by atoms with van der Waals surface area (Å²) in [5.74, 6) is 1.80. The van der Waals surface area contributed by atoms with Crippen LogP contribution in [0.4, 0.5) is 0 Å². The minimum Gasteiger partial charge on any atom is -0.497 e. The van der Waals surface area contributed by atoms with Gasteiger partial charge in [0.15, 0.2) is 10.8 Å². The standard InChI is InChI=1S/C16H17ClN4OS/c1-3-4-9-23-16-19-18-14-10-13(15(17)20-21(14)16)11-5-7-12(22-2)8-6-11/h5-8,10H,3-4,9H2,1-2H3. The van der Waals surface area contributed by atoms with E-state index in [-0.39, 0.29) is 0 Å². The maximum atomic E-state index is 6.37. The van der Waals surface area contributed by atoms with E-state index in [0.717, 1.165) is 40.6 Å². The molecule has 0 saturated carbocycles. The van der Waals surface area contributed by atoms with Crippen LogP contribution < -0.4 is 4.74 Å². The van der Waals surface area contributed by atoms with Crippen LogP contribution in [0.25, 0.3) is 16.8 Å². The van der Waals surface area contributed by atoms with Crippen LogP contribution in [0.3, 0.4) is 0 Å². The van der Waals surface area contributed by atoms with Gasteiger partial charge in [-0.3, -0.25) is 0 Å². The van der Waals surface area contributed by atoms with Crippen LogP contribution in [0.1, 0.15) is 19.8 Å². The van der Waals surface area contributed by atoms with Gasteiger partial charge in [-0.05, 0) is 30.2 Å². The van der Waals surface area contributed by atoms with Gasteiger partial charge in [0.05, 0.1) is 7.11 Å². The van der Waals surface area contributed by atoms with E-state index in [4.69, 9.17) is 16.3 Å². The van der Waals surface area contributed by atoms with Gasteiger partial charge in [0.25, 0.3) is 0 Å². The summed E-state index contributed by atoms with van der Waals surface area (Å²) in [6.07, 6.45) is 2.29. The predicted molar refractivity (Wildman–Crippen MR) is 93.4 cm³/mol. The number of halogens is 1. The molecular formula is C16H17ClN4OS. The number of rotatable bonds is 6. The molecular weight excluding hydrogens is 332 g/mol. The van der Waals surface area contributed by atoms with Crippen molar-refractivity contribution in [1.29, 1.82) is 0 Å². The first-order valence-corrected chi connectivity index (χ1v) is 8.78. The first kappa shape index (κ1) is 16.1. The second kappa shape index (κ2) is 7.19. The lowest BCUT2D eigenvalue weighted by molar-refractivity contribution is 0.415. The van der Waals surface area contributed by atoms with E-state index in [0.29, 0.717) is 10.8 Å². The Hall–Kier alpha value is -1.79. The van der Waals surface area contributed by atoms with E-state index >= 15 is 0 Å². The molecule has 0 N–H and O–H groups in total. The fraction of sp³-hybridized carbons (Fsp3) is 0.312. The fourth-order valence-electron chi connectivity index (χ4n) is 2.16. The molecule has 3 aromatic rings. The molecule has 120 valence electrons. The van der Waals surface area contributed by atoms with E-state index in [1.165, 1.54) is 0 Å². The van der Waals surface area contributed by atoms with E-state index in [2.05, 4.69) is 22.2 Å². The Morgan fingerprint density at radius 2 is 2.00 bits per heavy atom. The molecule has 0 radical (unpaired) electrons. The summed E-state index contributed by atoms with van der Waals surface area (Å²) in [7, 11) is 1.64. The molecule has 2 aromatic heterocycles. The number of unbranched alkanes of at least 4 members (excludes halogenated alkanes) is 1. The highest BCUT2D eigenvalue weighted by atomic mass is 35.5. The van der Waals surface area contributed by atoms with E-state index < -0.39 is 0 Å². The zero-order valence-corrected chi connectivity index (χ0v) is 14.6. The monoisotopic (exact) mass is 348 g/mol. The smallest absolute Gasteiger partial charge is 0.212 e. The molecule has 3 rings (SSSR count). The van der Waals surface area contributed by atoms with E-state index in [1.807, 2.05) is 30.3 Å². The van der Waals surface area contributed by atoms with E-state index in [9.17, 15) is 0 Å². The second-order valence-electron chi connectivity index (χ2n) is 5.03. The zero-order valence-electron chi connectivity index (χ0n) is 13.0. The maximum absolute atomic E-state index is 6.37. The summed E-state index contributed by atoms with van der Waals surface area (Å²) in [5.41, 5.74) is 2.49. The third-order valence-corrected chi connectivity index (χ3v) is 4.73. The molecule has 0 spiro atoms. The number of aromatic nitrogens is 4. The molecule has 0 bridgehead atoms. The summed E-state index contributed by atoms with van der Waals surface area (Å²) in [6, 6.07) is 9.60. The molecule has 1 aromatic carbocycles. The number of methoxy groups -OCH3 is 1. The summed E-state index contributed by atoms with van der Waals surface area (Å²) in [4.78, 5) is 0. The van der Waals surface area contributed by atoms with Crippen LogP contribution in [0.2, 0.25) is 5.15 Å². The SMILES string of the molecule is CCCCSc1nnc2cc(-c3ccc(OC)cc3)c(Cl)nn12. The summed E-state index contributed by atoms with van der Waals surface area (Å²) < 4.78 is 6.88. The maximum Gasteiger partial charge on any atom is 0.212 e. The highest BCUT2D eigenvalue weighted by Gasteiger charge is 2.13. The van der Waals surface area contributed by atoms with Gasteiger partial charge in [-0.2, -0.15) is 9.61 Å². The number of fused-ring (bicyclic) bond motifs is 1. The van der Waals surface area contributed by atoms with Crippen molar-refractivity contribution in [1.82, 2.24) is 19.8 Å². The Kier molecular flexibility index (Phi) is 5.03. The van der Waals surface area contributed by atoms with Gasteiger partial charge in [0.1, 0.15) is 5.75 Å². The highest BCUT2D eigenvalue weighted by Crippen LogP contribution is 2.29. The normalized spacial score (nSPS) is 11.1. The topological polar surface area (TPSA) is 52.3 Å². The lowest BCUT2D eigenvalue weighted by Gasteiger charge is -2.06. The lowest BCUT2D eigenvalue weighted by atomic mass is 10.1. The van der Waals surface area contributed by atoms with Crippen LogP contribution in [-0.4, -0.2) is 32.7 Å². The van der Waals surface area contributed by atoms with Crippen molar-refractivity contribution in [2.75, 3.05) is 12.9 Å². The first-order chi connectivity index (χ1) is 11.2. The molecule has 23 heavy (non-hydrogen) atoms. The van der Waals surface area contributed by atoms with Gasteiger partial charge >= 0.3 is 0 Å². The number of hydrogen-bond donors (Lipinski definition) is 0. The largest absolute Gasteiger partial charge is 0.497 e. The minimum atomic E-state index is 0.430. The predicted octanol–water partition coefficient (Wildman–Crippen LogP) is 4.35. The quantitative estimate of drug-likeness (QED) is 0.489. The second-order valence-corrected chi connectivity index (χ2v) is 6.45. The van der Waals surface area contributed by atoms with Gasteiger partial charge in [-0.15, -0.1) is 10.2 Å². The van der Waals surface area contributed by atoms with Crippen molar-refractivity contribution >= 4 is 29.0 Å². The number of nitrogens with zero attached hydrogens (tertiary/aromatic N) is 4. The fourth-order valence-corrected chi connectivity index (χ4v) is 3.37. The van der Waals surface area contributed by atoms with Gasteiger partial charge in [0, 0.05) is 11.3 Å². The summed E-state index contributed by atoms with van der Waals surface area (Å²) in [5, 5.41) is 14.1. The molecule has 2 heterocycles. The minimum absolute atomic E-state index is 0.430. The summed E-state index contributed by atoms with van der Waals surface area (Å²) >= 11 is 8.02. The Morgan fingerprint density at radius 1 is 1.22 bits per heavy atom. The van der Waals surface area contributed by atoms with Gasteiger partial charge in [-0.25, -0.2) is 0 Å². The molecule has 5 nitrogen and oxygen atoms in total. The first-order valence-electron chi connectivity index (χ1n) is 7.42. The van der Waals surface area contributed by atoms with Crippen molar-refractivity contribution in [2.24, 2.45) is 0 Å². The number of thioether (sulfide) groups is 1. The number of benzene rings is 1. The number of ether oxygens (including phenoxy) is 1. The van der Waals surface area contributed by atoms with Crippen molar-refractivity contribution in [3.8, 4) is 16.9 Å². The molecule has 0 saturated heterocycles. The van der Waals surface area contributed by atoms with Crippen LogP contribution in [-0.2, 0) is 0 Å². The van der Waals surface area contributed by atoms with Crippen LogP contribution in [0, 0.1) is 0 Å². The Balaban J connectivity index is 1.94. The summed E-state index contributed by atoms with van der Waals surface area (Å²) in [6.45, 7) is 2.17. The zero-order chi connectivity index (χ0) is 16.2. The average Bonchev–Trinajstić information content (AvgIpc) is 2.96. The van der Waals surface area contributed by atoms with Crippen LogP contribution in [0.15, 0.2) is 35.5 Å². The highest BCUT2D eigenvalue weighted by molar-refractivity contribution is 7.99. The van der Waals surface area contributed by atoms with Crippen molar-refractivity contribution in [3.05, 3.63) is 35.5 Å². The van der Waals surface area contributed by atoms with Crippen molar-refractivity contribution in [3.63, 3.8) is 0 Å². The third kappa shape index (κ3) is 3.43. The molecule has 0 aliphatic heterocycles. The molecule has 0 unspecified atom stereocenters. The van der Waals surface area contributed by atoms with Crippen molar-refractivity contribution in [2.45, 2.75) is 24.9 Å². The van der Waals surface area contributed by atoms with Gasteiger partial charge in [-0.1, -0.05) is 48.8 Å².